The number of aryl methyl sites for hydroxylation is 1. The van der Waals surface area contributed by atoms with Crippen molar-refractivity contribution in [1.82, 2.24) is 9.91 Å². The van der Waals surface area contributed by atoms with Crippen LogP contribution in [-0.2, 0) is 24.6 Å². The summed E-state index contributed by atoms with van der Waals surface area (Å²) in [7, 11) is 0. The number of fused-ring (bicyclic) bond motifs is 5. The minimum absolute atomic E-state index is 0.114. The van der Waals surface area contributed by atoms with Crippen molar-refractivity contribution in [2.45, 2.75) is 57.4 Å². The Morgan fingerprint density at radius 1 is 0.776 bits per heavy atom. The number of aromatic hydroxyl groups is 1. The van der Waals surface area contributed by atoms with Crippen molar-refractivity contribution in [3.8, 4) is 5.75 Å². The number of likely N-dealkylation sites (tertiary alicyclic amines) is 1. The topological polar surface area (TPSA) is 107 Å². The van der Waals surface area contributed by atoms with E-state index in [2.05, 4.69) is 11.5 Å². The van der Waals surface area contributed by atoms with Gasteiger partial charge in [0.25, 0.3) is 11.8 Å². The van der Waals surface area contributed by atoms with Crippen LogP contribution in [-0.4, -0.2) is 44.2 Å². The molecule has 8 rings (SSSR count). The minimum Gasteiger partial charge on any atom is -0.507 e. The number of hydrazine groups is 1. The van der Waals surface area contributed by atoms with E-state index in [1.165, 1.54) is 9.91 Å². The van der Waals surface area contributed by atoms with Crippen molar-refractivity contribution in [3.05, 3.63) is 119 Å². The number of amides is 4. The van der Waals surface area contributed by atoms with Crippen LogP contribution in [0.3, 0.4) is 0 Å². The van der Waals surface area contributed by atoms with E-state index in [4.69, 9.17) is 0 Å². The van der Waals surface area contributed by atoms with Crippen LogP contribution in [0.5, 0.6) is 5.75 Å². The Kier molecular flexibility index (Phi) is 6.90. The van der Waals surface area contributed by atoms with Crippen molar-refractivity contribution < 1.29 is 24.3 Å². The predicted molar refractivity (Wildman–Crippen MR) is 186 cm³/mol. The first-order valence-electron chi connectivity index (χ1n) is 17.0. The number of hydrogen-bond donors (Lipinski definition) is 2. The molecule has 2 aliphatic heterocycles. The molecule has 8 heteroatoms. The van der Waals surface area contributed by atoms with Crippen LogP contribution in [0, 0.1) is 30.6 Å². The van der Waals surface area contributed by atoms with E-state index < -0.39 is 40.5 Å². The van der Waals surface area contributed by atoms with Gasteiger partial charge in [-0.3, -0.25) is 29.5 Å². The summed E-state index contributed by atoms with van der Waals surface area (Å²) in [6.07, 6.45) is 2.68. The van der Waals surface area contributed by atoms with Crippen molar-refractivity contribution in [1.29, 1.82) is 0 Å². The van der Waals surface area contributed by atoms with Gasteiger partial charge in [0, 0.05) is 16.8 Å². The fourth-order valence-corrected chi connectivity index (χ4v) is 9.31. The molecule has 0 radical (unpaired) electrons. The molecule has 4 aliphatic rings. The van der Waals surface area contributed by atoms with Gasteiger partial charge in [-0.15, -0.1) is 0 Å². The van der Waals surface area contributed by atoms with Crippen LogP contribution in [0.1, 0.15) is 56.2 Å². The summed E-state index contributed by atoms with van der Waals surface area (Å²) in [5, 5.41) is 13.5. The molecule has 8 nitrogen and oxygen atoms in total. The molecule has 49 heavy (non-hydrogen) atoms. The maximum absolute atomic E-state index is 15.4. The van der Waals surface area contributed by atoms with Crippen LogP contribution in [0.2, 0.25) is 0 Å². The van der Waals surface area contributed by atoms with Gasteiger partial charge >= 0.3 is 0 Å². The lowest BCUT2D eigenvalue weighted by atomic mass is 9.49. The highest BCUT2D eigenvalue weighted by Gasteiger charge is 2.70. The molecule has 6 atom stereocenters. The molecule has 0 spiro atoms. The number of carbonyl (C=O) groups is 4. The number of anilines is 1. The van der Waals surface area contributed by atoms with Crippen LogP contribution < -0.4 is 5.43 Å². The van der Waals surface area contributed by atoms with Gasteiger partial charge in [-0.2, -0.15) is 5.01 Å². The Morgan fingerprint density at radius 2 is 1.45 bits per heavy atom. The van der Waals surface area contributed by atoms with Gasteiger partial charge in [0.1, 0.15) is 5.75 Å². The highest BCUT2D eigenvalue weighted by molar-refractivity contribution is 6.13. The monoisotopic (exact) mass is 653 g/mol. The number of carbonyl (C=O) groups excluding carboxylic acids is 4. The zero-order valence-electron chi connectivity index (χ0n) is 28.0. The number of benzene rings is 4. The van der Waals surface area contributed by atoms with Crippen molar-refractivity contribution >= 4 is 40.1 Å². The van der Waals surface area contributed by atoms with Crippen LogP contribution in [0.15, 0.2) is 103 Å². The molecule has 2 saturated heterocycles. The SMILES string of the molecule is Cc1ccc(NN2C(=O)[C@@H]3C[C@@H]4C(=CC[C@@H]5C(=O)N(C(C)(C)C)C(=O)[C@@H]54)[C@H](c4ccc(O)c5ccccc45)[C@]3(c3ccccc3)C2=O)cc1. The first-order chi connectivity index (χ1) is 23.4. The molecule has 4 aromatic carbocycles. The highest BCUT2D eigenvalue weighted by Crippen LogP contribution is 2.65. The molecule has 3 fully saturated rings. The van der Waals surface area contributed by atoms with Crippen molar-refractivity contribution in [2.24, 2.45) is 23.7 Å². The summed E-state index contributed by atoms with van der Waals surface area (Å²) in [6.45, 7) is 7.58. The van der Waals surface area contributed by atoms with Gasteiger partial charge in [-0.05, 0) is 81.2 Å². The molecule has 0 aromatic heterocycles. The smallest absolute Gasteiger partial charge is 0.260 e. The maximum atomic E-state index is 15.4. The number of nitrogens with zero attached hydrogens (tertiary/aromatic N) is 2. The molecule has 2 N–H and O–H groups in total. The Labute approximate surface area is 285 Å². The highest BCUT2D eigenvalue weighted by atomic mass is 16.3. The average Bonchev–Trinajstić information content (AvgIpc) is 3.48. The molecular formula is C41H39N3O5. The molecule has 1 saturated carbocycles. The van der Waals surface area contributed by atoms with Crippen LogP contribution in [0.4, 0.5) is 5.69 Å². The van der Waals surface area contributed by atoms with E-state index in [1.807, 2.05) is 113 Å². The summed E-state index contributed by atoms with van der Waals surface area (Å²) < 4.78 is 0. The largest absolute Gasteiger partial charge is 0.507 e. The second kappa shape index (κ2) is 10.9. The van der Waals surface area contributed by atoms with E-state index >= 15 is 4.79 Å². The average molecular weight is 654 g/mol. The summed E-state index contributed by atoms with van der Waals surface area (Å²) >= 11 is 0. The second-order valence-corrected chi connectivity index (χ2v) is 15.0. The van der Waals surface area contributed by atoms with Crippen LogP contribution >= 0.6 is 0 Å². The standard InChI is InChI=1S/C41H39N3O5/c1-23-14-16-25(17-15-23)42-44-37(47)32-22-31-29(18-19-30-34(31)38(48)43(36(30)46)40(2,3)4)35(41(32,39(44)49)24-10-6-5-7-11-24)28-20-21-33(45)27-13-9-8-12-26(27)28/h5-18,20-21,30-32,34-35,42,45H,19,22H2,1-4H3/t30-,31+,32-,34-,35-,41+/m0/s1. The molecule has 248 valence electrons. The van der Waals surface area contributed by atoms with Gasteiger partial charge in [0.2, 0.25) is 11.8 Å². The predicted octanol–water partition coefficient (Wildman–Crippen LogP) is 6.64. The summed E-state index contributed by atoms with van der Waals surface area (Å²) in [4.78, 5) is 59.8. The molecule has 0 bridgehead atoms. The van der Waals surface area contributed by atoms with Gasteiger partial charge in [0.05, 0.1) is 28.9 Å². The summed E-state index contributed by atoms with van der Waals surface area (Å²) in [5.74, 6) is -4.16. The number of phenolic OH excluding ortho intramolecular Hbond substituents is 1. The Morgan fingerprint density at radius 3 is 2.14 bits per heavy atom. The van der Waals surface area contributed by atoms with E-state index in [-0.39, 0.29) is 35.8 Å². The van der Waals surface area contributed by atoms with Gasteiger partial charge in [0.15, 0.2) is 0 Å². The molecule has 4 aromatic rings. The number of nitrogens with one attached hydrogen (secondary N) is 1. The number of imide groups is 2. The Hall–Kier alpha value is -5.24. The van der Waals surface area contributed by atoms with E-state index in [9.17, 15) is 19.5 Å². The lowest BCUT2D eigenvalue weighted by Gasteiger charge is -2.51. The first-order valence-corrected chi connectivity index (χ1v) is 17.0. The zero-order valence-corrected chi connectivity index (χ0v) is 28.0. The molecule has 0 unspecified atom stereocenters. The minimum atomic E-state index is -1.37. The van der Waals surface area contributed by atoms with Crippen LogP contribution in [0.25, 0.3) is 10.8 Å². The Bertz CT molecular complexity index is 2080. The summed E-state index contributed by atoms with van der Waals surface area (Å²) in [6, 6.07) is 28.1. The first kappa shape index (κ1) is 31.1. The molecule has 2 aliphatic carbocycles. The van der Waals surface area contributed by atoms with Gasteiger partial charge in [-0.25, -0.2) is 0 Å². The van der Waals surface area contributed by atoms with E-state index in [1.54, 1.807) is 6.07 Å². The molecule has 2 heterocycles. The van der Waals surface area contributed by atoms with Gasteiger partial charge < -0.3 is 5.11 Å². The van der Waals surface area contributed by atoms with E-state index in [0.29, 0.717) is 23.1 Å². The lowest BCUT2D eigenvalue weighted by Crippen LogP contribution is -2.53. The summed E-state index contributed by atoms with van der Waals surface area (Å²) in [5.41, 5.74) is 5.13. The maximum Gasteiger partial charge on any atom is 0.260 e. The quantitative estimate of drug-likeness (QED) is 0.189. The second-order valence-electron chi connectivity index (χ2n) is 15.0. The number of hydrogen-bond acceptors (Lipinski definition) is 6. The third kappa shape index (κ3) is 4.35. The number of phenols is 1. The fraction of sp³-hybridized carbons (Fsp3) is 0.317. The molecular weight excluding hydrogens is 614 g/mol. The van der Waals surface area contributed by atoms with Crippen molar-refractivity contribution in [2.75, 3.05) is 5.43 Å². The van der Waals surface area contributed by atoms with E-state index in [0.717, 1.165) is 22.1 Å². The van der Waals surface area contributed by atoms with Gasteiger partial charge in [-0.1, -0.05) is 90.0 Å². The normalized spacial score (nSPS) is 28.0. The third-order valence-electron chi connectivity index (χ3n) is 11.3. The third-order valence-corrected chi connectivity index (χ3v) is 11.3. The zero-order chi connectivity index (χ0) is 34.4. The fourth-order valence-electron chi connectivity index (χ4n) is 9.31. The molecule has 4 amide bonds. The van der Waals surface area contributed by atoms with Crippen molar-refractivity contribution in [3.63, 3.8) is 0 Å². The number of allylic oxidation sites excluding steroid dienone is 2. The lowest BCUT2D eigenvalue weighted by molar-refractivity contribution is -0.146. The number of rotatable bonds is 4. The Balaban J connectivity index is 1.39.